The lowest BCUT2D eigenvalue weighted by Crippen LogP contribution is -2.77. The van der Waals surface area contributed by atoms with Crippen molar-refractivity contribution in [3.8, 4) is 0 Å². The third-order valence-electron chi connectivity index (χ3n) is 7.32. The maximum absolute atomic E-state index is 14.6. The van der Waals surface area contributed by atoms with E-state index in [2.05, 4.69) is 4.98 Å². The monoisotopic (exact) mass is 507 g/mol. The first-order chi connectivity index (χ1) is 16.6. The van der Waals surface area contributed by atoms with E-state index in [1.807, 2.05) is 0 Å². The van der Waals surface area contributed by atoms with E-state index in [-0.39, 0.29) is 28.9 Å². The van der Waals surface area contributed by atoms with Crippen LogP contribution in [-0.4, -0.2) is 47.4 Å². The molecule has 35 heavy (non-hydrogen) atoms. The molecular weight excluding hydrogens is 487 g/mol. The number of benzene rings is 1. The third-order valence-corrected chi connectivity index (χ3v) is 7.53. The number of piperazine rings is 1. The Morgan fingerprint density at radius 2 is 1.89 bits per heavy atom. The maximum atomic E-state index is 14.6. The number of nitrogens with zero attached hydrogens (tertiary/aromatic N) is 3. The molecule has 0 radical (unpaired) electrons. The van der Waals surface area contributed by atoms with Crippen LogP contribution in [0.1, 0.15) is 36.8 Å². The molecule has 1 aliphatic heterocycles. The molecule has 1 atom stereocenters. The van der Waals surface area contributed by atoms with E-state index in [1.165, 1.54) is 42.5 Å². The summed E-state index contributed by atoms with van der Waals surface area (Å²) in [5.74, 6) is -2.45. The minimum Gasteiger partial charge on any atom is -0.469 e. The standard InChI is InChI=1S/C24H21ClF3N3O4/c1-35-22(34)24-10-23(11-24,12-24)18-21(33)31(20-16(26)6-15(25)7-29-20)9-17(32)30(18)8-13-2-4-14(5-3-13)19(27)28/h2-7,18-19H,8-12H2,1H3. The van der Waals surface area contributed by atoms with Crippen LogP contribution < -0.4 is 4.90 Å². The molecule has 7 nitrogen and oxygen atoms in total. The van der Waals surface area contributed by atoms with Crippen molar-refractivity contribution < 1.29 is 32.3 Å². The Kier molecular flexibility index (Phi) is 5.54. The minimum absolute atomic E-state index is 0.0100. The lowest BCUT2D eigenvalue weighted by Gasteiger charge is -2.72. The van der Waals surface area contributed by atoms with Gasteiger partial charge in [0.1, 0.15) is 12.6 Å². The first kappa shape index (κ1) is 23.6. The van der Waals surface area contributed by atoms with Crippen molar-refractivity contribution in [1.29, 1.82) is 0 Å². The second-order valence-electron chi connectivity index (χ2n) is 9.51. The SMILES string of the molecule is COC(=O)C12CC(C3C(=O)N(c4ncc(Cl)cc4F)CC(=O)N3Cc3ccc(C(F)F)cc3)(C1)C2. The van der Waals surface area contributed by atoms with E-state index in [4.69, 9.17) is 16.3 Å². The van der Waals surface area contributed by atoms with Crippen LogP contribution in [0.25, 0.3) is 0 Å². The molecule has 2 heterocycles. The van der Waals surface area contributed by atoms with Crippen LogP contribution in [0.15, 0.2) is 36.5 Å². The molecule has 3 saturated carbocycles. The predicted molar refractivity (Wildman–Crippen MR) is 118 cm³/mol. The summed E-state index contributed by atoms with van der Waals surface area (Å²) < 4.78 is 45.4. The van der Waals surface area contributed by atoms with Crippen LogP contribution >= 0.6 is 11.6 Å². The van der Waals surface area contributed by atoms with Gasteiger partial charge in [0.15, 0.2) is 11.6 Å². The Hall–Kier alpha value is -3.14. The van der Waals surface area contributed by atoms with E-state index in [1.54, 1.807) is 0 Å². The van der Waals surface area contributed by atoms with Crippen molar-refractivity contribution in [2.24, 2.45) is 10.8 Å². The van der Waals surface area contributed by atoms with Crippen molar-refractivity contribution in [3.63, 3.8) is 0 Å². The smallest absolute Gasteiger partial charge is 0.311 e. The molecular formula is C24H21ClF3N3O4. The fourth-order valence-corrected chi connectivity index (χ4v) is 5.99. The summed E-state index contributed by atoms with van der Waals surface area (Å²) in [5, 5.41) is 0.0481. The summed E-state index contributed by atoms with van der Waals surface area (Å²) in [7, 11) is 1.30. The molecule has 2 bridgehead atoms. The molecule has 0 N–H and O–H groups in total. The molecule has 0 spiro atoms. The Morgan fingerprint density at radius 3 is 2.46 bits per heavy atom. The van der Waals surface area contributed by atoms with E-state index in [9.17, 15) is 27.6 Å². The number of esters is 1. The van der Waals surface area contributed by atoms with Crippen molar-refractivity contribution in [3.05, 3.63) is 58.5 Å². The molecule has 2 amide bonds. The topological polar surface area (TPSA) is 79.8 Å². The zero-order valence-electron chi connectivity index (χ0n) is 18.6. The average Bonchev–Trinajstić information content (AvgIpc) is 2.76. The number of carbonyl (C=O) groups is 3. The highest BCUT2D eigenvalue weighted by atomic mass is 35.5. The third kappa shape index (κ3) is 3.65. The van der Waals surface area contributed by atoms with Crippen LogP contribution in [-0.2, 0) is 25.7 Å². The molecule has 1 aromatic carbocycles. The molecule has 4 aliphatic rings. The van der Waals surface area contributed by atoms with Crippen molar-refractivity contribution in [2.75, 3.05) is 18.6 Å². The zero-order valence-corrected chi connectivity index (χ0v) is 19.4. The Morgan fingerprint density at radius 1 is 1.23 bits per heavy atom. The van der Waals surface area contributed by atoms with Crippen molar-refractivity contribution in [1.82, 2.24) is 9.88 Å². The van der Waals surface area contributed by atoms with Gasteiger partial charge in [-0.05, 0) is 30.9 Å². The number of halogens is 4. The van der Waals surface area contributed by atoms with Gasteiger partial charge in [0.2, 0.25) is 5.91 Å². The molecule has 3 aliphatic carbocycles. The Balaban J connectivity index is 1.47. The predicted octanol–water partition coefficient (Wildman–Crippen LogP) is 3.90. The number of hydrogen-bond donors (Lipinski definition) is 0. The van der Waals surface area contributed by atoms with Crippen LogP contribution in [0.2, 0.25) is 5.02 Å². The molecule has 11 heteroatoms. The number of pyridine rings is 1. The summed E-state index contributed by atoms with van der Waals surface area (Å²) in [5.41, 5.74) is -0.916. The summed E-state index contributed by atoms with van der Waals surface area (Å²) in [6.07, 6.45) is -0.345. The molecule has 1 unspecified atom stereocenters. The number of aromatic nitrogens is 1. The van der Waals surface area contributed by atoms with E-state index in [0.717, 1.165) is 11.0 Å². The fourth-order valence-electron chi connectivity index (χ4n) is 5.84. The molecule has 2 aromatic rings. The highest BCUT2D eigenvalue weighted by Crippen LogP contribution is 2.76. The van der Waals surface area contributed by atoms with Gasteiger partial charge < -0.3 is 9.64 Å². The van der Waals surface area contributed by atoms with Gasteiger partial charge in [0.25, 0.3) is 12.3 Å². The number of rotatable bonds is 6. The number of methoxy groups -OCH3 is 1. The van der Waals surface area contributed by atoms with Crippen LogP contribution in [0.3, 0.4) is 0 Å². The number of alkyl halides is 2. The summed E-state index contributed by atoms with van der Waals surface area (Å²) in [6, 6.07) is 5.57. The van der Waals surface area contributed by atoms with Gasteiger partial charge in [-0.25, -0.2) is 18.2 Å². The number of amides is 2. The molecule has 6 rings (SSSR count). The minimum atomic E-state index is -2.62. The second kappa shape index (κ2) is 8.22. The maximum Gasteiger partial charge on any atom is 0.311 e. The molecule has 1 aromatic heterocycles. The zero-order chi connectivity index (χ0) is 25.1. The van der Waals surface area contributed by atoms with E-state index >= 15 is 0 Å². The Bertz CT molecular complexity index is 1200. The summed E-state index contributed by atoms with van der Waals surface area (Å²) >= 11 is 5.79. The number of ether oxygens (including phenoxy) is 1. The van der Waals surface area contributed by atoms with Gasteiger partial charge in [-0.2, -0.15) is 0 Å². The summed E-state index contributed by atoms with van der Waals surface area (Å²) in [6.45, 7) is -0.426. The fraction of sp³-hybridized carbons (Fsp3) is 0.417. The van der Waals surface area contributed by atoms with Gasteiger partial charge in [-0.15, -0.1) is 0 Å². The first-order valence-electron chi connectivity index (χ1n) is 11.0. The Labute approximate surface area is 203 Å². The van der Waals surface area contributed by atoms with Crippen LogP contribution in [0, 0.1) is 16.6 Å². The largest absolute Gasteiger partial charge is 0.469 e. The molecule has 184 valence electrons. The number of carbonyl (C=O) groups excluding carboxylic acids is 3. The number of anilines is 1. The summed E-state index contributed by atoms with van der Waals surface area (Å²) in [4.78, 5) is 45.6. The van der Waals surface area contributed by atoms with Gasteiger partial charge in [0.05, 0.1) is 17.5 Å². The number of hydrogen-bond acceptors (Lipinski definition) is 5. The quantitative estimate of drug-likeness (QED) is 0.554. The van der Waals surface area contributed by atoms with Crippen LogP contribution in [0.4, 0.5) is 19.0 Å². The van der Waals surface area contributed by atoms with Crippen LogP contribution in [0.5, 0.6) is 0 Å². The van der Waals surface area contributed by atoms with Gasteiger partial charge in [-0.3, -0.25) is 19.3 Å². The normalized spacial score (nSPS) is 27.5. The van der Waals surface area contributed by atoms with E-state index < -0.39 is 47.5 Å². The van der Waals surface area contributed by atoms with E-state index in [0.29, 0.717) is 24.8 Å². The molecule has 1 saturated heterocycles. The van der Waals surface area contributed by atoms with Crippen molar-refractivity contribution in [2.45, 2.75) is 38.3 Å². The van der Waals surface area contributed by atoms with Crippen molar-refractivity contribution >= 4 is 35.2 Å². The second-order valence-corrected chi connectivity index (χ2v) is 9.95. The van der Waals surface area contributed by atoms with Gasteiger partial charge >= 0.3 is 5.97 Å². The highest BCUT2D eigenvalue weighted by Gasteiger charge is 2.77. The highest BCUT2D eigenvalue weighted by molar-refractivity contribution is 6.30. The average molecular weight is 508 g/mol. The lowest BCUT2D eigenvalue weighted by molar-refractivity contribution is -0.245. The first-order valence-corrected chi connectivity index (χ1v) is 11.3. The molecule has 4 fully saturated rings. The van der Waals surface area contributed by atoms with Gasteiger partial charge in [0, 0.05) is 23.7 Å². The lowest BCUT2D eigenvalue weighted by atomic mass is 9.32. The van der Waals surface area contributed by atoms with Gasteiger partial charge in [-0.1, -0.05) is 35.9 Å².